The number of hydrogen-bond acceptors (Lipinski definition) is 3. The van der Waals surface area contributed by atoms with Gasteiger partial charge in [0, 0.05) is 24.7 Å². The molecule has 114 valence electrons. The Morgan fingerprint density at radius 1 is 1.24 bits per heavy atom. The van der Waals surface area contributed by atoms with Crippen LogP contribution in [0.3, 0.4) is 0 Å². The summed E-state index contributed by atoms with van der Waals surface area (Å²) in [6, 6.07) is 4.27. The van der Waals surface area contributed by atoms with E-state index in [0.29, 0.717) is 18.7 Å². The molecule has 21 heavy (non-hydrogen) atoms. The smallest absolute Gasteiger partial charge is 0.210 e. The largest absolute Gasteiger partial charge is 0.508 e. The number of carbonyl (C=O) groups excluding carboxylic acids is 1. The van der Waals surface area contributed by atoms with E-state index in [-0.39, 0.29) is 5.75 Å². The number of nitrogens with zero attached hydrogens (tertiary/aromatic N) is 2. The van der Waals surface area contributed by atoms with Crippen molar-refractivity contribution in [1.82, 2.24) is 9.80 Å². The van der Waals surface area contributed by atoms with Gasteiger partial charge < -0.3 is 14.9 Å². The minimum absolute atomic E-state index is 0.0803. The van der Waals surface area contributed by atoms with Crippen LogP contribution < -0.4 is 0 Å². The van der Waals surface area contributed by atoms with Gasteiger partial charge in [0.2, 0.25) is 6.41 Å². The Labute approximate surface area is 124 Å². The average Bonchev–Trinajstić information content (AvgIpc) is 3.09. The van der Waals surface area contributed by atoms with Gasteiger partial charge in [-0.25, -0.2) is 4.39 Å². The number of hydrogen-bond donors (Lipinski definition) is 1. The molecule has 5 heteroatoms. The van der Waals surface area contributed by atoms with Gasteiger partial charge in [0.05, 0.1) is 5.54 Å². The van der Waals surface area contributed by atoms with Crippen LogP contribution in [0.15, 0.2) is 18.2 Å². The lowest BCUT2D eigenvalue weighted by atomic mass is 9.86. The Balaban J connectivity index is 2.00. The molecule has 0 aromatic heterocycles. The molecule has 0 unspecified atom stereocenters. The summed E-state index contributed by atoms with van der Waals surface area (Å²) in [5, 5.41) is 9.44. The van der Waals surface area contributed by atoms with Gasteiger partial charge in [0.25, 0.3) is 0 Å². The quantitative estimate of drug-likeness (QED) is 0.864. The van der Waals surface area contributed by atoms with Gasteiger partial charge in [-0.1, -0.05) is 6.07 Å². The van der Waals surface area contributed by atoms with Crippen LogP contribution in [0, 0.1) is 5.82 Å². The molecule has 4 nitrogen and oxygen atoms in total. The SMILES string of the molecule is O=CN1CCC[C@@]1(CN1CCCC1)c1ccc(O)cc1F. The first-order valence-corrected chi connectivity index (χ1v) is 7.59. The summed E-state index contributed by atoms with van der Waals surface area (Å²) in [5.41, 5.74) is -0.0686. The molecule has 0 bridgehead atoms. The number of phenolic OH excluding ortho intramolecular Hbond substituents is 1. The molecule has 1 aromatic rings. The highest BCUT2D eigenvalue weighted by Gasteiger charge is 2.45. The third-order valence-electron chi connectivity index (χ3n) is 4.80. The van der Waals surface area contributed by atoms with Crippen LogP contribution in [-0.4, -0.2) is 47.5 Å². The summed E-state index contributed by atoms with van der Waals surface area (Å²) in [7, 11) is 0. The second-order valence-electron chi connectivity index (χ2n) is 6.08. The Bertz CT molecular complexity index is 531. The van der Waals surface area contributed by atoms with E-state index in [1.54, 1.807) is 11.0 Å². The topological polar surface area (TPSA) is 43.8 Å². The van der Waals surface area contributed by atoms with E-state index in [1.807, 2.05) is 0 Å². The van der Waals surface area contributed by atoms with Crippen LogP contribution in [0.1, 0.15) is 31.2 Å². The van der Waals surface area contributed by atoms with E-state index < -0.39 is 11.4 Å². The summed E-state index contributed by atoms with van der Waals surface area (Å²) in [4.78, 5) is 15.5. The Kier molecular flexibility index (Phi) is 3.85. The highest BCUT2D eigenvalue weighted by molar-refractivity contribution is 5.52. The molecule has 2 aliphatic rings. The van der Waals surface area contributed by atoms with Crippen LogP contribution in [-0.2, 0) is 10.3 Å². The molecular weight excluding hydrogens is 271 g/mol. The summed E-state index contributed by atoms with van der Waals surface area (Å²) >= 11 is 0. The molecular formula is C16H21FN2O2. The van der Waals surface area contributed by atoms with Crippen molar-refractivity contribution in [3.05, 3.63) is 29.6 Å². The van der Waals surface area contributed by atoms with Crippen molar-refractivity contribution in [2.24, 2.45) is 0 Å². The number of likely N-dealkylation sites (tertiary alicyclic amines) is 2. The average molecular weight is 292 g/mol. The van der Waals surface area contributed by atoms with Crippen molar-refractivity contribution in [3.8, 4) is 5.75 Å². The maximum Gasteiger partial charge on any atom is 0.210 e. The van der Waals surface area contributed by atoms with Gasteiger partial charge in [0.15, 0.2) is 0 Å². The molecule has 2 saturated heterocycles. The van der Waals surface area contributed by atoms with Crippen molar-refractivity contribution >= 4 is 6.41 Å². The Morgan fingerprint density at radius 3 is 2.67 bits per heavy atom. The maximum atomic E-state index is 14.4. The third-order valence-corrected chi connectivity index (χ3v) is 4.80. The number of halogens is 1. The zero-order chi connectivity index (χ0) is 14.9. The summed E-state index contributed by atoms with van der Waals surface area (Å²) in [5.74, 6) is -0.508. The molecule has 1 atom stereocenters. The molecule has 1 aromatic carbocycles. The number of amides is 1. The van der Waals surface area contributed by atoms with Crippen LogP contribution in [0.5, 0.6) is 5.75 Å². The van der Waals surface area contributed by atoms with E-state index in [4.69, 9.17) is 0 Å². The summed E-state index contributed by atoms with van der Waals surface area (Å²) in [6.45, 7) is 3.35. The van der Waals surface area contributed by atoms with Crippen molar-refractivity contribution in [2.75, 3.05) is 26.2 Å². The van der Waals surface area contributed by atoms with Crippen LogP contribution in [0.2, 0.25) is 0 Å². The highest BCUT2D eigenvalue weighted by atomic mass is 19.1. The third kappa shape index (κ3) is 2.50. The lowest BCUT2D eigenvalue weighted by Gasteiger charge is -2.40. The molecule has 0 spiro atoms. The minimum Gasteiger partial charge on any atom is -0.508 e. The number of benzene rings is 1. The normalized spacial score (nSPS) is 26.4. The number of aromatic hydroxyl groups is 1. The molecule has 1 N–H and O–H groups in total. The lowest BCUT2D eigenvalue weighted by molar-refractivity contribution is -0.122. The van der Waals surface area contributed by atoms with Gasteiger partial charge in [-0.2, -0.15) is 0 Å². The lowest BCUT2D eigenvalue weighted by Crippen LogP contribution is -2.49. The van der Waals surface area contributed by atoms with Gasteiger partial charge in [0.1, 0.15) is 11.6 Å². The van der Waals surface area contributed by atoms with E-state index in [2.05, 4.69) is 4.90 Å². The standard InChI is InChI=1S/C16H21FN2O2/c17-15-10-13(21)4-5-14(15)16(6-3-9-19(16)12-20)11-18-7-1-2-8-18/h4-5,10,12,21H,1-3,6-9,11H2/t16-/m1/s1. The first kappa shape index (κ1) is 14.3. The number of phenols is 1. The number of carbonyl (C=O) groups is 1. The molecule has 0 saturated carbocycles. The Hall–Kier alpha value is -1.62. The zero-order valence-corrected chi connectivity index (χ0v) is 12.1. The monoisotopic (exact) mass is 292 g/mol. The summed E-state index contributed by atoms with van der Waals surface area (Å²) < 4.78 is 14.4. The van der Waals surface area contributed by atoms with Gasteiger partial charge >= 0.3 is 0 Å². The van der Waals surface area contributed by atoms with Gasteiger partial charge in [-0.15, -0.1) is 0 Å². The first-order chi connectivity index (χ1) is 10.2. The second-order valence-corrected chi connectivity index (χ2v) is 6.08. The molecule has 3 rings (SSSR count). The molecule has 0 radical (unpaired) electrons. The Morgan fingerprint density at radius 2 is 2.00 bits per heavy atom. The van der Waals surface area contributed by atoms with Crippen LogP contribution in [0.25, 0.3) is 0 Å². The molecule has 2 aliphatic heterocycles. The fourth-order valence-corrected chi connectivity index (χ4v) is 3.79. The second kappa shape index (κ2) is 5.64. The van der Waals surface area contributed by atoms with Gasteiger partial charge in [-0.3, -0.25) is 4.79 Å². The molecule has 0 aliphatic carbocycles. The highest BCUT2D eigenvalue weighted by Crippen LogP contribution is 2.41. The van der Waals surface area contributed by atoms with E-state index in [9.17, 15) is 14.3 Å². The van der Waals surface area contributed by atoms with Crippen molar-refractivity contribution in [3.63, 3.8) is 0 Å². The summed E-state index contributed by atoms with van der Waals surface area (Å²) in [6.07, 6.45) is 4.82. The molecule has 2 fully saturated rings. The maximum absolute atomic E-state index is 14.4. The first-order valence-electron chi connectivity index (χ1n) is 7.59. The predicted molar refractivity (Wildman–Crippen MR) is 77.4 cm³/mol. The van der Waals surface area contributed by atoms with Crippen molar-refractivity contribution < 1.29 is 14.3 Å². The van der Waals surface area contributed by atoms with Crippen LogP contribution >= 0.6 is 0 Å². The molecule has 1 amide bonds. The minimum atomic E-state index is -0.593. The van der Waals surface area contributed by atoms with Gasteiger partial charge in [-0.05, 0) is 44.8 Å². The number of rotatable bonds is 4. The van der Waals surface area contributed by atoms with Crippen LogP contribution in [0.4, 0.5) is 4.39 Å². The molecule has 2 heterocycles. The van der Waals surface area contributed by atoms with E-state index >= 15 is 0 Å². The fraction of sp³-hybridized carbons (Fsp3) is 0.562. The fourth-order valence-electron chi connectivity index (χ4n) is 3.79. The van der Waals surface area contributed by atoms with E-state index in [0.717, 1.165) is 51.2 Å². The zero-order valence-electron chi connectivity index (χ0n) is 12.1. The van der Waals surface area contributed by atoms with Crippen molar-refractivity contribution in [1.29, 1.82) is 0 Å². The van der Waals surface area contributed by atoms with Crippen molar-refractivity contribution in [2.45, 2.75) is 31.2 Å². The van der Waals surface area contributed by atoms with E-state index in [1.165, 1.54) is 6.07 Å². The predicted octanol–water partition coefficient (Wildman–Crippen LogP) is 2.07.